The van der Waals surface area contributed by atoms with E-state index in [0.29, 0.717) is 17.8 Å². The van der Waals surface area contributed by atoms with Crippen LogP contribution in [0.4, 0.5) is 0 Å². The molecule has 0 aliphatic carbocycles. The first-order valence-electron chi connectivity index (χ1n) is 5.65. The van der Waals surface area contributed by atoms with Gasteiger partial charge in [-0.3, -0.25) is 0 Å². The van der Waals surface area contributed by atoms with E-state index in [4.69, 9.17) is 0 Å². The summed E-state index contributed by atoms with van der Waals surface area (Å²) in [6.45, 7) is 3.63. The smallest absolute Gasteiger partial charge is 0.197 e. The molecule has 0 aliphatic rings. The minimum absolute atomic E-state index is 0.0631. The Labute approximate surface area is 100 Å². The van der Waals surface area contributed by atoms with E-state index >= 15 is 0 Å². The molecule has 0 aromatic carbocycles. The van der Waals surface area contributed by atoms with Crippen LogP contribution in [0.3, 0.4) is 0 Å². The maximum absolute atomic E-state index is 12.0. The van der Waals surface area contributed by atoms with Crippen molar-refractivity contribution in [3.05, 3.63) is 24.0 Å². The lowest BCUT2D eigenvalue weighted by atomic mass is 10.3. The third-order valence-corrected chi connectivity index (χ3v) is 4.29. The van der Waals surface area contributed by atoms with Gasteiger partial charge in [0.05, 0.1) is 11.4 Å². The molecule has 2 aromatic rings. The normalized spacial score (nSPS) is 12.1. The van der Waals surface area contributed by atoms with Gasteiger partial charge >= 0.3 is 0 Å². The first-order chi connectivity index (χ1) is 8.10. The van der Waals surface area contributed by atoms with E-state index in [0.717, 1.165) is 6.42 Å². The first kappa shape index (κ1) is 12.0. The van der Waals surface area contributed by atoms with Crippen LogP contribution in [-0.4, -0.2) is 28.8 Å². The molecule has 0 aliphatic heterocycles. The molecule has 0 radical (unpaired) electrons. The monoisotopic (exact) mass is 253 g/mol. The number of sulfone groups is 1. The van der Waals surface area contributed by atoms with Gasteiger partial charge < -0.3 is 0 Å². The summed E-state index contributed by atoms with van der Waals surface area (Å²) in [7, 11) is -3.28. The number of hydrogen-bond acceptors (Lipinski definition) is 4. The number of imidazole rings is 1. The van der Waals surface area contributed by atoms with Crippen LogP contribution in [-0.2, 0) is 16.3 Å². The fraction of sp³-hybridized carbons (Fsp3) is 0.455. The minimum Gasteiger partial charge on any atom is -0.222 e. The van der Waals surface area contributed by atoms with Crippen molar-refractivity contribution in [3.63, 3.8) is 0 Å². The Morgan fingerprint density at radius 3 is 2.76 bits per heavy atom. The molecule has 0 fully saturated rings. The van der Waals surface area contributed by atoms with Gasteiger partial charge in [0.1, 0.15) is 0 Å². The van der Waals surface area contributed by atoms with E-state index in [1.807, 2.05) is 6.92 Å². The first-order valence-corrected chi connectivity index (χ1v) is 7.30. The molecule has 0 unspecified atom stereocenters. The number of hydrogen-bond donors (Lipinski definition) is 0. The van der Waals surface area contributed by atoms with Crippen molar-refractivity contribution >= 4 is 15.5 Å². The van der Waals surface area contributed by atoms with Gasteiger partial charge in [0.15, 0.2) is 20.5 Å². The fourth-order valence-electron chi connectivity index (χ4n) is 1.75. The summed E-state index contributed by atoms with van der Waals surface area (Å²) in [6, 6.07) is 3.52. The summed E-state index contributed by atoms with van der Waals surface area (Å²) in [5, 5.41) is 4.34. The molecule has 2 aromatic heterocycles. The molecule has 0 saturated carbocycles. The molecule has 17 heavy (non-hydrogen) atoms. The van der Waals surface area contributed by atoms with Crippen molar-refractivity contribution in [2.75, 3.05) is 5.75 Å². The standard InChI is InChI=1S/C11H15N3O2S/c1-3-6-9-11(17(15,16)4-2)13-10-7-5-8-12-14(9)10/h5,7-8H,3-4,6H2,1-2H3. The van der Waals surface area contributed by atoms with Crippen LogP contribution < -0.4 is 0 Å². The van der Waals surface area contributed by atoms with Crippen molar-refractivity contribution in [3.8, 4) is 0 Å². The number of aryl methyl sites for hydroxylation is 1. The second-order valence-electron chi connectivity index (χ2n) is 3.81. The van der Waals surface area contributed by atoms with Gasteiger partial charge in [-0.25, -0.2) is 17.9 Å². The third-order valence-electron chi connectivity index (χ3n) is 2.61. The Hall–Kier alpha value is -1.43. The molecule has 2 heterocycles. The van der Waals surface area contributed by atoms with Crippen LogP contribution in [0.25, 0.3) is 5.65 Å². The Kier molecular flexibility index (Phi) is 3.15. The average molecular weight is 253 g/mol. The van der Waals surface area contributed by atoms with Gasteiger partial charge in [0.2, 0.25) is 0 Å². The van der Waals surface area contributed by atoms with Crippen molar-refractivity contribution in [2.45, 2.75) is 31.7 Å². The molecule has 5 nitrogen and oxygen atoms in total. The summed E-state index contributed by atoms with van der Waals surface area (Å²) in [5.74, 6) is 0.0631. The summed E-state index contributed by atoms with van der Waals surface area (Å²) in [6.07, 6.45) is 3.15. The Morgan fingerprint density at radius 1 is 1.35 bits per heavy atom. The van der Waals surface area contributed by atoms with E-state index in [1.165, 1.54) is 0 Å². The molecular formula is C11H15N3O2S. The Morgan fingerprint density at radius 2 is 2.12 bits per heavy atom. The van der Waals surface area contributed by atoms with Crippen LogP contribution in [0.15, 0.2) is 23.4 Å². The summed E-state index contributed by atoms with van der Waals surface area (Å²) < 4.78 is 25.5. The lowest BCUT2D eigenvalue weighted by Crippen LogP contribution is -2.08. The molecular weight excluding hydrogens is 238 g/mol. The highest BCUT2D eigenvalue weighted by Gasteiger charge is 2.22. The summed E-state index contributed by atoms with van der Waals surface area (Å²) in [4.78, 5) is 4.19. The topological polar surface area (TPSA) is 64.3 Å². The highest BCUT2D eigenvalue weighted by molar-refractivity contribution is 7.91. The molecule has 6 heteroatoms. The van der Waals surface area contributed by atoms with E-state index in [9.17, 15) is 8.42 Å². The van der Waals surface area contributed by atoms with Gasteiger partial charge in [0, 0.05) is 6.20 Å². The quantitative estimate of drug-likeness (QED) is 0.827. The molecule has 2 rings (SSSR count). The molecule has 0 amide bonds. The highest BCUT2D eigenvalue weighted by atomic mass is 32.2. The fourth-order valence-corrected chi connectivity index (χ4v) is 2.80. The SMILES string of the molecule is CCCc1c(S(=O)(=O)CC)nc2cccnn12. The van der Waals surface area contributed by atoms with Gasteiger partial charge in [-0.15, -0.1) is 0 Å². The van der Waals surface area contributed by atoms with Crippen LogP contribution in [0, 0.1) is 0 Å². The number of rotatable bonds is 4. The van der Waals surface area contributed by atoms with Crippen LogP contribution in [0.1, 0.15) is 26.0 Å². The van der Waals surface area contributed by atoms with E-state index < -0.39 is 9.84 Å². The molecule has 92 valence electrons. The van der Waals surface area contributed by atoms with Crippen molar-refractivity contribution in [1.29, 1.82) is 0 Å². The van der Waals surface area contributed by atoms with Crippen molar-refractivity contribution in [2.24, 2.45) is 0 Å². The predicted molar refractivity (Wildman–Crippen MR) is 64.7 cm³/mol. The molecule has 0 bridgehead atoms. The zero-order chi connectivity index (χ0) is 12.5. The van der Waals surface area contributed by atoms with Crippen LogP contribution in [0.2, 0.25) is 0 Å². The van der Waals surface area contributed by atoms with E-state index in [2.05, 4.69) is 10.1 Å². The highest BCUT2D eigenvalue weighted by Crippen LogP contribution is 2.19. The molecule has 0 N–H and O–H groups in total. The number of fused-ring (bicyclic) bond motifs is 1. The summed E-state index contributed by atoms with van der Waals surface area (Å²) >= 11 is 0. The van der Waals surface area contributed by atoms with Crippen molar-refractivity contribution in [1.82, 2.24) is 14.6 Å². The second-order valence-corrected chi connectivity index (χ2v) is 6.00. The average Bonchev–Trinajstić information content (AvgIpc) is 2.70. The number of nitrogens with zero attached hydrogens (tertiary/aromatic N) is 3. The van der Waals surface area contributed by atoms with Gasteiger partial charge in [-0.05, 0) is 18.6 Å². The van der Waals surface area contributed by atoms with Gasteiger partial charge in [-0.2, -0.15) is 5.10 Å². The lowest BCUT2D eigenvalue weighted by Gasteiger charge is -2.01. The van der Waals surface area contributed by atoms with Gasteiger partial charge in [-0.1, -0.05) is 20.3 Å². The summed E-state index contributed by atoms with van der Waals surface area (Å²) in [5.41, 5.74) is 1.27. The van der Waals surface area contributed by atoms with Crippen LogP contribution >= 0.6 is 0 Å². The Balaban J connectivity index is 2.74. The van der Waals surface area contributed by atoms with Gasteiger partial charge in [0.25, 0.3) is 0 Å². The predicted octanol–water partition coefficient (Wildman–Crippen LogP) is 1.48. The van der Waals surface area contributed by atoms with E-state index in [-0.39, 0.29) is 10.8 Å². The largest absolute Gasteiger partial charge is 0.222 e. The molecule has 0 saturated heterocycles. The lowest BCUT2D eigenvalue weighted by molar-refractivity contribution is 0.591. The maximum Gasteiger partial charge on any atom is 0.197 e. The Bertz CT molecular complexity index is 631. The van der Waals surface area contributed by atoms with E-state index in [1.54, 1.807) is 29.8 Å². The molecule has 0 atom stereocenters. The number of aromatic nitrogens is 3. The zero-order valence-corrected chi connectivity index (χ0v) is 10.7. The third kappa shape index (κ3) is 2.04. The second kappa shape index (κ2) is 4.44. The zero-order valence-electron chi connectivity index (χ0n) is 9.92. The molecule has 0 spiro atoms. The minimum atomic E-state index is -3.28. The maximum atomic E-state index is 12.0. The van der Waals surface area contributed by atoms with Crippen LogP contribution in [0.5, 0.6) is 0 Å². The van der Waals surface area contributed by atoms with Crippen molar-refractivity contribution < 1.29 is 8.42 Å².